The van der Waals surface area contributed by atoms with Crippen molar-refractivity contribution in [1.29, 1.82) is 0 Å². The Morgan fingerprint density at radius 1 is 1.00 bits per heavy atom. The van der Waals surface area contributed by atoms with Gasteiger partial charge in [0.15, 0.2) is 0 Å². The summed E-state index contributed by atoms with van der Waals surface area (Å²) in [5.41, 5.74) is 1.53. The number of hydrogen-bond donors (Lipinski definition) is 2. The van der Waals surface area contributed by atoms with Crippen LogP contribution in [0.25, 0.3) is 20.8 Å². The minimum absolute atomic E-state index is 0.0160. The van der Waals surface area contributed by atoms with E-state index < -0.39 is 0 Å². The summed E-state index contributed by atoms with van der Waals surface area (Å²) in [7, 11) is 0. The molecule has 0 atom stereocenters. The third kappa shape index (κ3) is 2.00. The van der Waals surface area contributed by atoms with E-state index in [0.717, 1.165) is 15.2 Å². The van der Waals surface area contributed by atoms with E-state index in [0.29, 0.717) is 10.6 Å². The van der Waals surface area contributed by atoms with Crippen LogP contribution >= 0.6 is 22.9 Å². The number of phenols is 2. The lowest BCUT2D eigenvalue weighted by Gasteiger charge is -1.99. The summed E-state index contributed by atoms with van der Waals surface area (Å²) in [6.07, 6.45) is 0. The summed E-state index contributed by atoms with van der Waals surface area (Å²) < 4.78 is 0.973. The van der Waals surface area contributed by atoms with Crippen LogP contribution in [0.4, 0.5) is 0 Å². The first kappa shape index (κ1) is 11.3. The molecule has 0 aliphatic rings. The lowest BCUT2D eigenvalue weighted by Crippen LogP contribution is -1.76. The molecule has 0 fully saturated rings. The fourth-order valence-electron chi connectivity index (χ4n) is 1.74. The molecule has 0 spiro atoms. The first-order chi connectivity index (χ1) is 8.61. The largest absolute Gasteiger partial charge is 0.508 e. The van der Waals surface area contributed by atoms with Gasteiger partial charge in [0.1, 0.15) is 16.5 Å². The molecule has 2 N–H and O–H groups in total. The molecule has 0 amide bonds. The molecule has 1 aromatic heterocycles. The van der Waals surface area contributed by atoms with E-state index in [1.54, 1.807) is 18.2 Å². The number of rotatable bonds is 1. The molecule has 0 saturated carbocycles. The van der Waals surface area contributed by atoms with Gasteiger partial charge >= 0.3 is 0 Å². The van der Waals surface area contributed by atoms with Crippen molar-refractivity contribution in [3.05, 3.63) is 41.4 Å². The van der Waals surface area contributed by atoms with Crippen molar-refractivity contribution < 1.29 is 10.2 Å². The molecule has 3 aromatic rings. The summed E-state index contributed by atoms with van der Waals surface area (Å²) in [5, 5.41) is 20.3. The molecule has 0 unspecified atom stereocenters. The molecule has 3 rings (SSSR count). The van der Waals surface area contributed by atoms with Gasteiger partial charge in [-0.1, -0.05) is 11.6 Å². The van der Waals surface area contributed by atoms with E-state index >= 15 is 0 Å². The van der Waals surface area contributed by atoms with Crippen LogP contribution in [0.1, 0.15) is 0 Å². The van der Waals surface area contributed by atoms with Gasteiger partial charge in [-0.15, -0.1) is 11.3 Å². The van der Waals surface area contributed by atoms with Gasteiger partial charge < -0.3 is 10.2 Å². The summed E-state index contributed by atoms with van der Waals surface area (Å²) >= 11 is 7.39. The highest BCUT2D eigenvalue weighted by atomic mass is 35.5. The van der Waals surface area contributed by atoms with Gasteiger partial charge in [-0.2, -0.15) is 0 Å². The van der Waals surface area contributed by atoms with Crippen LogP contribution in [0.3, 0.4) is 0 Å². The fraction of sp³-hybridized carbons (Fsp3) is 0. The van der Waals surface area contributed by atoms with E-state index in [-0.39, 0.29) is 11.5 Å². The van der Waals surface area contributed by atoms with E-state index in [9.17, 15) is 10.2 Å². The van der Waals surface area contributed by atoms with Gasteiger partial charge in [-0.25, -0.2) is 4.98 Å². The Morgan fingerprint density at radius 2 is 1.72 bits per heavy atom. The molecular weight excluding hydrogens is 270 g/mol. The minimum atomic E-state index is 0.0160. The average molecular weight is 278 g/mol. The molecule has 0 aliphatic carbocycles. The van der Waals surface area contributed by atoms with Crippen molar-refractivity contribution in [2.45, 2.75) is 0 Å². The zero-order valence-electron chi connectivity index (χ0n) is 9.09. The number of fused-ring (bicyclic) bond motifs is 1. The van der Waals surface area contributed by atoms with Crippen LogP contribution in [0.5, 0.6) is 11.5 Å². The summed E-state index contributed by atoms with van der Waals surface area (Å²) in [5.74, 6) is 0.0320. The second-order valence-corrected chi connectivity index (χ2v) is 5.34. The Morgan fingerprint density at radius 3 is 2.44 bits per heavy atom. The number of nitrogens with zero attached hydrogens (tertiary/aromatic N) is 1. The molecule has 5 heteroatoms. The molecule has 90 valence electrons. The first-order valence-electron chi connectivity index (χ1n) is 5.21. The van der Waals surface area contributed by atoms with E-state index in [4.69, 9.17) is 11.6 Å². The fourth-order valence-corrected chi connectivity index (χ4v) is 2.97. The summed E-state index contributed by atoms with van der Waals surface area (Å²) in [6.45, 7) is 0. The Bertz CT molecular complexity index is 719. The zero-order chi connectivity index (χ0) is 12.7. The lowest BCUT2D eigenvalue weighted by molar-refractivity contribution is 0.451. The smallest absolute Gasteiger partial charge is 0.124 e. The number of thiazole rings is 1. The van der Waals surface area contributed by atoms with Crippen LogP contribution in [0.15, 0.2) is 36.4 Å². The molecule has 0 bridgehead atoms. The van der Waals surface area contributed by atoms with Crippen molar-refractivity contribution in [3.63, 3.8) is 0 Å². The van der Waals surface area contributed by atoms with E-state index in [1.807, 2.05) is 12.1 Å². The van der Waals surface area contributed by atoms with Gasteiger partial charge in [-0.05, 0) is 30.3 Å². The molecule has 18 heavy (non-hydrogen) atoms. The normalized spacial score (nSPS) is 10.9. The average Bonchev–Trinajstić information content (AvgIpc) is 2.70. The maximum absolute atomic E-state index is 9.47. The molecule has 0 radical (unpaired) electrons. The topological polar surface area (TPSA) is 53.4 Å². The summed E-state index contributed by atoms with van der Waals surface area (Å²) in [4.78, 5) is 4.44. The van der Waals surface area contributed by atoms with Gasteiger partial charge in [0.25, 0.3) is 0 Å². The number of benzene rings is 2. The minimum Gasteiger partial charge on any atom is -0.508 e. The van der Waals surface area contributed by atoms with E-state index in [1.165, 1.54) is 17.4 Å². The Kier molecular flexibility index (Phi) is 2.61. The van der Waals surface area contributed by atoms with Crippen molar-refractivity contribution >= 4 is 33.2 Å². The van der Waals surface area contributed by atoms with Crippen molar-refractivity contribution in [2.75, 3.05) is 0 Å². The lowest BCUT2D eigenvalue weighted by atomic mass is 10.2. The highest BCUT2D eigenvalue weighted by Gasteiger charge is 2.08. The molecule has 0 aliphatic heterocycles. The van der Waals surface area contributed by atoms with Gasteiger partial charge in [0.2, 0.25) is 0 Å². The third-order valence-electron chi connectivity index (χ3n) is 2.50. The highest BCUT2D eigenvalue weighted by Crippen LogP contribution is 2.34. The number of halogens is 1. The second-order valence-electron chi connectivity index (χ2n) is 3.87. The quantitative estimate of drug-likeness (QED) is 0.706. The van der Waals surface area contributed by atoms with Crippen LogP contribution in [-0.4, -0.2) is 15.2 Å². The van der Waals surface area contributed by atoms with Crippen molar-refractivity contribution in [2.24, 2.45) is 0 Å². The van der Waals surface area contributed by atoms with Gasteiger partial charge in [0, 0.05) is 16.7 Å². The van der Waals surface area contributed by atoms with E-state index in [2.05, 4.69) is 4.98 Å². The molecule has 1 heterocycles. The number of hydrogen-bond acceptors (Lipinski definition) is 4. The van der Waals surface area contributed by atoms with Crippen molar-refractivity contribution in [3.8, 4) is 22.1 Å². The standard InChI is InChI=1S/C13H8ClNO2S/c14-8-1-2-11-12(5-8)18-13(15-11)7-3-9(16)6-10(17)4-7/h1-6,16-17H. The second kappa shape index (κ2) is 4.15. The molecule has 3 nitrogen and oxygen atoms in total. The maximum Gasteiger partial charge on any atom is 0.124 e. The van der Waals surface area contributed by atoms with Crippen LogP contribution in [0.2, 0.25) is 5.02 Å². The SMILES string of the molecule is Oc1cc(O)cc(-c2nc3ccc(Cl)cc3s2)c1. The monoisotopic (exact) mass is 277 g/mol. The third-order valence-corrected chi connectivity index (χ3v) is 3.80. The zero-order valence-corrected chi connectivity index (χ0v) is 10.7. The van der Waals surface area contributed by atoms with Crippen LogP contribution in [-0.2, 0) is 0 Å². The highest BCUT2D eigenvalue weighted by molar-refractivity contribution is 7.21. The van der Waals surface area contributed by atoms with Gasteiger partial charge in [0.05, 0.1) is 10.2 Å². The predicted molar refractivity (Wildman–Crippen MR) is 73.4 cm³/mol. The van der Waals surface area contributed by atoms with Crippen LogP contribution in [0, 0.1) is 0 Å². The molecule has 2 aromatic carbocycles. The maximum atomic E-state index is 9.47. The Labute approximate surface area is 112 Å². The first-order valence-corrected chi connectivity index (χ1v) is 6.41. The Balaban J connectivity index is 2.19. The van der Waals surface area contributed by atoms with Crippen LogP contribution < -0.4 is 0 Å². The molecule has 0 saturated heterocycles. The number of phenolic OH excluding ortho intramolecular Hbond substituents is 2. The molecular formula is C13H8ClNO2S. The van der Waals surface area contributed by atoms with Gasteiger partial charge in [-0.3, -0.25) is 0 Å². The summed E-state index contributed by atoms with van der Waals surface area (Å²) in [6, 6.07) is 9.90. The number of aromatic nitrogens is 1. The Hall–Kier alpha value is -1.78. The van der Waals surface area contributed by atoms with Crippen molar-refractivity contribution in [1.82, 2.24) is 4.98 Å². The predicted octanol–water partition coefficient (Wildman–Crippen LogP) is 4.03. The number of aromatic hydroxyl groups is 2.